The maximum absolute atomic E-state index is 5.81. The minimum absolute atomic E-state index is 0.219. The lowest BCUT2D eigenvalue weighted by molar-refractivity contribution is 0.208. The summed E-state index contributed by atoms with van der Waals surface area (Å²) in [4.78, 5) is 17.5. The van der Waals surface area contributed by atoms with E-state index in [1.54, 1.807) is 17.1 Å². The lowest BCUT2D eigenvalue weighted by Crippen LogP contribution is -2.49. The van der Waals surface area contributed by atoms with Crippen LogP contribution >= 0.6 is 0 Å². The number of hydrogen-bond donors (Lipinski definition) is 1. The normalized spacial score (nSPS) is 16.6. The molecule has 112 valence electrons. The Labute approximate surface area is 123 Å². The third kappa shape index (κ3) is 2.94. The molecule has 0 amide bonds. The molecule has 2 aromatic rings. The molecule has 0 aliphatic carbocycles. The smallest absolute Gasteiger partial charge is 0.257 e. The summed E-state index contributed by atoms with van der Waals surface area (Å²) >= 11 is 0. The lowest BCUT2D eigenvalue weighted by atomic mass is 10.2. The van der Waals surface area contributed by atoms with Crippen molar-refractivity contribution in [1.29, 1.82) is 0 Å². The predicted molar refractivity (Wildman–Crippen MR) is 80.3 cm³/mol. The maximum Gasteiger partial charge on any atom is 0.257 e. The molecule has 0 aromatic carbocycles. The topological polar surface area (TPSA) is 89.0 Å². The molecular weight excluding hydrogens is 268 g/mol. The largest absolute Gasteiger partial charge is 0.368 e. The number of aromatic nitrogens is 5. The van der Waals surface area contributed by atoms with Crippen LogP contribution in [0.4, 0.5) is 11.9 Å². The maximum atomic E-state index is 5.81. The Hall–Kier alpha value is -2.22. The highest BCUT2D eigenvalue weighted by atomic mass is 15.4. The molecule has 8 heteroatoms. The molecule has 1 saturated heterocycles. The Bertz CT molecular complexity index is 586. The van der Waals surface area contributed by atoms with Crippen molar-refractivity contribution in [2.45, 2.75) is 19.9 Å². The van der Waals surface area contributed by atoms with Gasteiger partial charge in [-0.1, -0.05) is 0 Å². The van der Waals surface area contributed by atoms with Gasteiger partial charge in [0.2, 0.25) is 11.9 Å². The Kier molecular flexibility index (Phi) is 3.70. The molecule has 8 nitrogen and oxygen atoms in total. The van der Waals surface area contributed by atoms with Gasteiger partial charge in [-0.3, -0.25) is 4.90 Å². The van der Waals surface area contributed by atoms with E-state index in [-0.39, 0.29) is 5.95 Å². The van der Waals surface area contributed by atoms with Crippen molar-refractivity contribution in [3.05, 3.63) is 18.5 Å². The molecule has 3 heterocycles. The molecule has 0 saturated carbocycles. The van der Waals surface area contributed by atoms with Crippen LogP contribution in [0.2, 0.25) is 0 Å². The van der Waals surface area contributed by atoms with E-state index in [1.807, 2.05) is 6.07 Å². The summed E-state index contributed by atoms with van der Waals surface area (Å²) in [5.41, 5.74) is 5.81. The van der Waals surface area contributed by atoms with Gasteiger partial charge in [0.1, 0.15) is 0 Å². The molecule has 1 aliphatic rings. The van der Waals surface area contributed by atoms with E-state index in [9.17, 15) is 0 Å². The highest BCUT2D eigenvalue weighted by Crippen LogP contribution is 2.14. The average molecular weight is 288 g/mol. The van der Waals surface area contributed by atoms with Gasteiger partial charge in [0.25, 0.3) is 5.95 Å². The van der Waals surface area contributed by atoms with E-state index < -0.39 is 0 Å². The summed E-state index contributed by atoms with van der Waals surface area (Å²) in [6.45, 7) is 8.21. The standard InChI is InChI=1S/C13H20N8/c1-10(2)19-6-8-20(9-7-19)12-16-11(14)17-13(18-12)21-5-3-4-15-21/h3-5,10H,6-9H2,1-2H3,(H2,14,16,17,18). The van der Waals surface area contributed by atoms with E-state index in [0.717, 1.165) is 26.2 Å². The number of anilines is 2. The fourth-order valence-electron chi connectivity index (χ4n) is 2.44. The first kappa shape index (κ1) is 13.7. The van der Waals surface area contributed by atoms with Crippen LogP contribution in [0.25, 0.3) is 5.95 Å². The quantitative estimate of drug-likeness (QED) is 0.861. The summed E-state index contributed by atoms with van der Waals surface area (Å²) < 4.78 is 1.59. The van der Waals surface area contributed by atoms with Gasteiger partial charge in [-0.25, -0.2) is 4.68 Å². The van der Waals surface area contributed by atoms with Crippen LogP contribution in [0.1, 0.15) is 13.8 Å². The van der Waals surface area contributed by atoms with Crippen LogP contribution in [0.15, 0.2) is 18.5 Å². The lowest BCUT2D eigenvalue weighted by Gasteiger charge is -2.36. The Morgan fingerprint density at radius 2 is 1.76 bits per heavy atom. The van der Waals surface area contributed by atoms with Gasteiger partial charge in [0.15, 0.2) is 0 Å². The third-order valence-corrected chi connectivity index (χ3v) is 3.67. The molecule has 0 atom stereocenters. The van der Waals surface area contributed by atoms with Crippen LogP contribution in [-0.4, -0.2) is 61.9 Å². The molecule has 3 rings (SSSR count). The van der Waals surface area contributed by atoms with Crippen molar-refractivity contribution in [2.24, 2.45) is 0 Å². The number of rotatable bonds is 3. The number of piperazine rings is 1. The van der Waals surface area contributed by atoms with Gasteiger partial charge in [-0.2, -0.15) is 20.1 Å². The monoisotopic (exact) mass is 288 g/mol. The fourth-order valence-corrected chi connectivity index (χ4v) is 2.44. The van der Waals surface area contributed by atoms with Crippen LogP contribution in [0, 0.1) is 0 Å². The number of nitrogens with zero attached hydrogens (tertiary/aromatic N) is 7. The molecule has 0 spiro atoms. The zero-order valence-electron chi connectivity index (χ0n) is 12.3. The van der Waals surface area contributed by atoms with Gasteiger partial charge < -0.3 is 10.6 Å². The van der Waals surface area contributed by atoms with Gasteiger partial charge in [-0.15, -0.1) is 0 Å². The minimum atomic E-state index is 0.219. The molecular formula is C13H20N8. The fraction of sp³-hybridized carbons (Fsp3) is 0.538. The Morgan fingerprint density at radius 1 is 1.05 bits per heavy atom. The van der Waals surface area contributed by atoms with E-state index in [0.29, 0.717) is 17.9 Å². The third-order valence-electron chi connectivity index (χ3n) is 3.67. The zero-order valence-corrected chi connectivity index (χ0v) is 12.3. The minimum Gasteiger partial charge on any atom is -0.368 e. The predicted octanol–water partition coefficient (Wildman–Crippen LogP) is 0.170. The Morgan fingerprint density at radius 3 is 2.38 bits per heavy atom. The van der Waals surface area contributed by atoms with Crippen LogP contribution in [0.3, 0.4) is 0 Å². The summed E-state index contributed by atoms with van der Waals surface area (Å²) in [6.07, 6.45) is 3.47. The number of nitrogens with two attached hydrogens (primary N) is 1. The molecule has 1 aliphatic heterocycles. The van der Waals surface area contributed by atoms with Crippen LogP contribution in [0.5, 0.6) is 0 Å². The molecule has 1 fully saturated rings. The van der Waals surface area contributed by atoms with Crippen LogP contribution < -0.4 is 10.6 Å². The number of hydrogen-bond acceptors (Lipinski definition) is 7. The molecule has 2 N–H and O–H groups in total. The summed E-state index contributed by atoms with van der Waals surface area (Å²) in [5, 5.41) is 4.13. The Balaban J connectivity index is 1.80. The van der Waals surface area contributed by atoms with Crippen molar-refractivity contribution >= 4 is 11.9 Å². The second-order valence-electron chi connectivity index (χ2n) is 5.36. The van der Waals surface area contributed by atoms with Gasteiger partial charge in [0, 0.05) is 44.6 Å². The second-order valence-corrected chi connectivity index (χ2v) is 5.36. The summed E-state index contributed by atoms with van der Waals surface area (Å²) in [5.74, 6) is 1.29. The summed E-state index contributed by atoms with van der Waals surface area (Å²) in [7, 11) is 0. The first-order chi connectivity index (χ1) is 10.1. The van der Waals surface area contributed by atoms with Crippen LogP contribution in [-0.2, 0) is 0 Å². The van der Waals surface area contributed by atoms with Crippen molar-refractivity contribution in [2.75, 3.05) is 36.8 Å². The van der Waals surface area contributed by atoms with Gasteiger partial charge in [-0.05, 0) is 19.9 Å². The first-order valence-corrected chi connectivity index (χ1v) is 7.14. The van der Waals surface area contributed by atoms with Crippen molar-refractivity contribution in [1.82, 2.24) is 29.6 Å². The molecule has 0 unspecified atom stereocenters. The van der Waals surface area contributed by atoms with E-state index in [4.69, 9.17) is 5.73 Å². The zero-order chi connectivity index (χ0) is 14.8. The highest BCUT2D eigenvalue weighted by molar-refractivity contribution is 5.38. The average Bonchev–Trinajstić information content (AvgIpc) is 3.01. The molecule has 0 radical (unpaired) electrons. The van der Waals surface area contributed by atoms with Gasteiger partial charge in [0.05, 0.1) is 0 Å². The van der Waals surface area contributed by atoms with E-state index >= 15 is 0 Å². The van der Waals surface area contributed by atoms with Crippen molar-refractivity contribution in [3.63, 3.8) is 0 Å². The second kappa shape index (κ2) is 5.65. The molecule has 21 heavy (non-hydrogen) atoms. The first-order valence-electron chi connectivity index (χ1n) is 7.14. The van der Waals surface area contributed by atoms with E-state index in [1.165, 1.54) is 0 Å². The van der Waals surface area contributed by atoms with E-state index in [2.05, 4.69) is 43.7 Å². The highest BCUT2D eigenvalue weighted by Gasteiger charge is 2.21. The van der Waals surface area contributed by atoms with Crippen molar-refractivity contribution < 1.29 is 0 Å². The number of nitrogen functional groups attached to an aromatic ring is 1. The SMILES string of the molecule is CC(C)N1CCN(c2nc(N)nc(-n3cccn3)n2)CC1. The molecule has 0 bridgehead atoms. The summed E-state index contributed by atoms with van der Waals surface area (Å²) in [6, 6.07) is 2.39. The van der Waals surface area contributed by atoms with Gasteiger partial charge >= 0.3 is 0 Å². The molecule has 2 aromatic heterocycles. The van der Waals surface area contributed by atoms with Crippen molar-refractivity contribution in [3.8, 4) is 5.95 Å².